The van der Waals surface area contributed by atoms with Gasteiger partial charge in [0, 0.05) is 21.9 Å². The fourth-order valence-corrected chi connectivity index (χ4v) is 3.94. The molecule has 0 saturated heterocycles. The summed E-state index contributed by atoms with van der Waals surface area (Å²) in [6.45, 7) is 5.59. The number of anilines is 2. The first-order valence-corrected chi connectivity index (χ1v) is 11.8. The van der Waals surface area contributed by atoms with Gasteiger partial charge >= 0.3 is 0 Å². The molecule has 4 heteroatoms. The van der Waals surface area contributed by atoms with E-state index in [2.05, 4.69) is 114 Å². The molecule has 0 radical (unpaired) electrons. The maximum atomic E-state index is 7.32. The zero-order valence-corrected chi connectivity index (χ0v) is 21.5. The molecule has 0 saturated carbocycles. The van der Waals surface area contributed by atoms with E-state index in [1.54, 1.807) is 6.07 Å². The van der Waals surface area contributed by atoms with Gasteiger partial charge in [0.25, 0.3) is 0 Å². The van der Waals surface area contributed by atoms with Crippen molar-refractivity contribution >= 4 is 34.0 Å². The SMILES string of the molecule is CC#N.Cc1ccc(N)cc1.Cc1ccc(NC(c2ccccc2)c2ccccc2)c(I)c1. The Morgan fingerprint density at radius 3 is 1.64 bits per heavy atom. The summed E-state index contributed by atoms with van der Waals surface area (Å²) in [6.07, 6.45) is 0. The summed E-state index contributed by atoms with van der Waals surface area (Å²) in [5.41, 5.74) is 12.5. The summed E-state index contributed by atoms with van der Waals surface area (Å²) >= 11 is 2.40. The van der Waals surface area contributed by atoms with Crippen LogP contribution in [0.15, 0.2) is 103 Å². The topological polar surface area (TPSA) is 61.8 Å². The van der Waals surface area contributed by atoms with Crippen LogP contribution >= 0.6 is 22.6 Å². The number of nitriles is 1. The molecule has 0 unspecified atom stereocenters. The number of halogens is 1. The largest absolute Gasteiger partial charge is 0.399 e. The monoisotopic (exact) mass is 547 g/mol. The molecule has 0 aliphatic heterocycles. The van der Waals surface area contributed by atoms with Gasteiger partial charge in [-0.3, -0.25) is 0 Å². The molecule has 0 aliphatic carbocycles. The minimum atomic E-state index is 0.152. The summed E-state index contributed by atoms with van der Waals surface area (Å²) in [6, 6.07) is 37.4. The zero-order chi connectivity index (χ0) is 24.1. The van der Waals surface area contributed by atoms with E-state index < -0.39 is 0 Å². The number of hydrogen-bond donors (Lipinski definition) is 2. The first kappa shape index (κ1) is 26.0. The fraction of sp³-hybridized carbons (Fsp3) is 0.138. The van der Waals surface area contributed by atoms with Crippen molar-refractivity contribution < 1.29 is 0 Å². The number of nitrogens with zero attached hydrogens (tertiary/aromatic N) is 1. The Labute approximate surface area is 211 Å². The number of nitrogens with two attached hydrogens (primary N) is 1. The van der Waals surface area contributed by atoms with Gasteiger partial charge in [0.1, 0.15) is 0 Å². The highest BCUT2D eigenvalue weighted by atomic mass is 127. The quantitative estimate of drug-likeness (QED) is 0.202. The van der Waals surface area contributed by atoms with Gasteiger partial charge in [0.15, 0.2) is 0 Å². The fourth-order valence-electron chi connectivity index (χ4n) is 3.11. The lowest BCUT2D eigenvalue weighted by Gasteiger charge is -2.22. The van der Waals surface area contributed by atoms with Crippen LogP contribution in [0.4, 0.5) is 11.4 Å². The first-order chi connectivity index (χ1) is 15.9. The molecule has 33 heavy (non-hydrogen) atoms. The van der Waals surface area contributed by atoms with Gasteiger partial charge in [0.2, 0.25) is 0 Å². The van der Waals surface area contributed by atoms with Crippen LogP contribution < -0.4 is 11.1 Å². The zero-order valence-electron chi connectivity index (χ0n) is 19.3. The highest BCUT2D eigenvalue weighted by molar-refractivity contribution is 14.1. The Bertz CT molecular complexity index is 1070. The van der Waals surface area contributed by atoms with Crippen LogP contribution in [0.3, 0.4) is 0 Å². The molecule has 0 atom stereocenters. The van der Waals surface area contributed by atoms with Crippen LogP contribution in [0.2, 0.25) is 0 Å². The van der Waals surface area contributed by atoms with Crippen molar-refractivity contribution in [2.45, 2.75) is 26.8 Å². The molecular formula is C29H30IN3. The van der Waals surface area contributed by atoms with E-state index in [0.717, 1.165) is 5.69 Å². The molecule has 3 nitrogen and oxygen atoms in total. The summed E-state index contributed by atoms with van der Waals surface area (Å²) in [4.78, 5) is 0. The average Bonchev–Trinajstić information content (AvgIpc) is 2.83. The summed E-state index contributed by atoms with van der Waals surface area (Å²) in [5, 5.41) is 11.0. The Balaban J connectivity index is 0.000000291. The van der Waals surface area contributed by atoms with Crippen LogP contribution in [0.25, 0.3) is 0 Å². The van der Waals surface area contributed by atoms with Gasteiger partial charge in [0.05, 0.1) is 12.1 Å². The second-order valence-corrected chi connectivity index (χ2v) is 8.68. The van der Waals surface area contributed by atoms with Gasteiger partial charge in [-0.05, 0) is 77.4 Å². The lowest BCUT2D eigenvalue weighted by molar-refractivity contribution is 0.937. The Kier molecular flexibility index (Phi) is 11.0. The third-order valence-corrected chi connectivity index (χ3v) is 5.66. The van der Waals surface area contributed by atoms with E-state index in [4.69, 9.17) is 11.0 Å². The molecule has 0 amide bonds. The van der Waals surface area contributed by atoms with Crippen LogP contribution in [0.1, 0.15) is 35.2 Å². The van der Waals surface area contributed by atoms with Crippen LogP contribution in [-0.4, -0.2) is 0 Å². The summed E-state index contributed by atoms with van der Waals surface area (Å²) in [5.74, 6) is 0. The molecule has 0 aliphatic rings. The normalized spacial score (nSPS) is 9.58. The molecule has 0 aromatic heterocycles. The smallest absolute Gasteiger partial charge is 0.0767 e. The third-order valence-electron chi connectivity index (χ3n) is 4.77. The first-order valence-electron chi connectivity index (χ1n) is 10.7. The van der Waals surface area contributed by atoms with E-state index in [1.165, 1.54) is 38.4 Å². The Morgan fingerprint density at radius 2 is 1.21 bits per heavy atom. The van der Waals surface area contributed by atoms with Crippen LogP contribution in [0.5, 0.6) is 0 Å². The lowest BCUT2D eigenvalue weighted by atomic mass is 9.98. The minimum Gasteiger partial charge on any atom is -0.399 e. The van der Waals surface area contributed by atoms with Gasteiger partial charge in [-0.15, -0.1) is 0 Å². The predicted molar refractivity (Wildman–Crippen MR) is 149 cm³/mol. The van der Waals surface area contributed by atoms with Gasteiger partial charge in [-0.25, -0.2) is 0 Å². The second kappa shape index (κ2) is 14.0. The van der Waals surface area contributed by atoms with Crippen molar-refractivity contribution in [3.63, 3.8) is 0 Å². The van der Waals surface area contributed by atoms with Gasteiger partial charge < -0.3 is 11.1 Å². The number of hydrogen-bond acceptors (Lipinski definition) is 3. The Morgan fingerprint density at radius 1 is 0.758 bits per heavy atom. The molecule has 168 valence electrons. The van der Waals surface area contributed by atoms with Gasteiger partial charge in [-0.1, -0.05) is 84.4 Å². The van der Waals surface area contributed by atoms with E-state index in [1.807, 2.05) is 31.2 Å². The van der Waals surface area contributed by atoms with E-state index in [0.29, 0.717) is 0 Å². The lowest BCUT2D eigenvalue weighted by Crippen LogP contribution is -2.13. The molecule has 0 heterocycles. The molecule has 4 rings (SSSR count). The Hall–Kier alpha value is -3.30. The highest BCUT2D eigenvalue weighted by Gasteiger charge is 2.14. The van der Waals surface area contributed by atoms with Crippen molar-refractivity contribution in [1.29, 1.82) is 5.26 Å². The summed E-state index contributed by atoms with van der Waals surface area (Å²) in [7, 11) is 0. The molecule has 4 aromatic rings. The van der Waals surface area contributed by atoms with Crippen molar-refractivity contribution in [3.8, 4) is 6.07 Å². The number of nitrogen functional groups attached to an aromatic ring is 1. The average molecular weight is 547 g/mol. The predicted octanol–water partition coefficient (Wildman–Crippen LogP) is 7.91. The number of benzene rings is 4. The minimum absolute atomic E-state index is 0.152. The number of rotatable bonds is 4. The van der Waals surface area contributed by atoms with Crippen molar-refractivity contribution in [3.05, 3.63) is 129 Å². The van der Waals surface area contributed by atoms with Crippen molar-refractivity contribution in [2.24, 2.45) is 0 Å². The van der Waals surface area contributed by atoms with Crippen LogP contribution in [-0.2, 0) is 0 Å². The third kappa shape index (κ3) is 8.99. The molecule has 3 N–H and O–H groups in total. The second-order valence-electron chi connectivity index (χ2n) is 7.52. The van der Waals surface area contributed by atoms with E-state index >= 15 is 0 Å². The number of nitrogens with one attached hydrogen (secondary N) is 1. The molecule has 4 aromatic carbocycles. The number of aryl methyl sites for hydroxylation is 2. The van der Waals surface area contributed by atoms with Gasteiger partial charge in [-0.2, -0.15) is 5.26 Å². The maximum Gasteiger partial charge on any atom is 0.0767 e. The molecule has 0 fully saturated rings. The maximum absolute atomic E-state index is 7.32. The highest BCUT2D eigenvalue weighted by Crippen LogP contribution is 2.29. The van der Waals surface area contributed by atoms with E-state index in [-0.39, 0.29) is 6.04 Å². The van der Waals surface area contributed by atoms with E-state index in [9.17, 15) is 0 Å². The molecule has 0 bridgehead atoms. The standard InChI is InChI=1S/C20H18IN.C7H9N.C2H3N/c1-15-12-13-19(18(21)14-15)22-20(16-8-4-2-5-9-16)17-10-6-3-7-11-17;1-6-2-4-7(8)5-3-6;1-2-3/h2-14,20,22H,1H3;2-5H,8H2,1H3;1H3. The van der Waals surface area contributed by atoms with Crippen molar-refractivity contribution in [2.75, 3.05) is 11.1 Å². The van der Waals surface area contributed by atoms with Crippen LogP contribution in [0, 0.1) is 28.7 Å². The molecule has 0 spiro atoms. The molecular weight excluding hydrogens is 517 g/mol. The summed E-state index contributed by atoms with van der Waals surface area (Å²) < 4.78 is 1.24. The van der Waals surface area contributed by atoms with Crippen molar-refractivity contribution in [1.82, 2.24) is 0 Å².